The van der Waals surface area contributed by atoms with Crippen molar-refractivity contribution in [2.24, 2.45) is 0 Å². The van der Waals surface area contributed by atoms with Crippen LogP contribution in [0.3, 0.4) is 0 Å². The molecule has 1 aromatic heterocycles. The molecule has 110 valence electrons. The third kappa shape index (κ3) is 2.63. The molecule has 1 unspecified atom stereocenters. The molecule has 1 atom stereocenters. The largest absolute Gasteiger partial charge is 0.493 e. The van der Waals surface area contributed by atoms with Crippen LogP contribution < -0.4 is 9.47 Å². The molecule has 2 aromatic rings. The number of hydrogen-bond donors (Lipinski definition) is 0. The second-order valence-electron chi connectivity index (χ2n) is 5.13. The fraction of sp³-hybridized carbons (Fsp3) is 0.294. The van der Waals surface area contributed by atoms with Gasteiger partial charge in [-0.2, -0.15) is 0 Å². The molecular weight excluding hydrogens is 282 g/mol. The van der Waals surface area contributed by atoms with Crippen LogP contribution in [0.4, 0.5) is 0 Å². The van der Waals surface area contributed by atoms with Gasteiger partial charge in [0.25, 0.3) is 0 Å². The number of hydrogen-bond acceptors (Lipinski definition) is 4. The average Bonchev–Trinajstić information content (AvgIpc) is 2.98. The van der Waals surface area contributed by atoms with Crippen LogP contribution in [0.2, 0.25) is 0 Å². The topological polar surface area (TPSA) is 21.7 Å². The van der Waals surface area contributed by atoms with Crippen molar-refractivity contribution < 1.29 is 9.47 Å². The lowest BCUT2D eigenvalue weighted by atomic mass is 9.99. The van der Waals surface area contributed by atoms with E-state index in [0.29, 0.717) is 6.04 Å². The number of thiophene rings is 1. The Morgan fingerprint density at radius 2 is 1.95 bits per heavy atom. The van der Waals surface area contributed by atoms with Gasteiger partial charge in [-0.15, -0.1) is 11.3 Å². The van der Waals surface area contributed by atoms with E-state index in [4.69, 9.17) is 9.47 Å². The standard InChI is InChI=1S/C17H19NO2S/c1-18-8-6-13-7-9-21-17(13)14(18)10-12-4-5-15(19-2)16(11-12)20-3/h4-9,11,14H,10H2,1-3H3. The lowest BCUT2D eigenvalue weighted by Gasteiger charge is -2.30. The highest BCUT2D eigenvalue weighted by atomic mass is 32.1. The van der Waals surface area contributed by atoms with E-state index in [1.54, 1.807) is 14.2 Å². The summed E-state index contributed by atoms with van der Waals surface area (Å²) in [6.45, 7) is 0. The van der Waals surface area contributed by atoms with Crippen molar-refractivity contribution in [1.82, 2.24) is 4.90 Å². The van der Waals surface area contributed by atoms with Crippen molar-refractivity contribution in [3.05, 3.63) is 51.8 Å². The van der Waals surface area contributed by atoms with Crippen molar-refractivity contribution in [1.29, 1.82) is 0 Å². The Labute approximate surface area is 129 Å². The lowest BCUT2D eigenvalue weighted by molar-refractivity contribution is 0.334. The Morgan fingerprint density at radius 3 is 2.71 bits per heavy atom. The van der Waals surface area contributed by atoms with Crippen molar-refractivity contribution >= 4 is 17.4 Å². The van der Waals surface area contributed by atoms with Gasteiger partial charge in [-0.3, -0.25) is 0 Å². The van der Waals surface area contributed by atoms with Crippen molar-refractivity contribution in [2.45, 2.75) is 12.5 Å². The highest BCUT2D eigenvalue weighted by Crippen LogP contribution is 2.37. The number of nitrogens with zero attached hydrogens (tertiary/aromatic N) is 1. The molecule has 0 aliphatic carbocycles. The first kappa shape index (κ1) is 14.0. The molecule has 0 bridgehead atoms. The Balaban J connectivity index is 1.88. The summed E-state index contributed by atoms with van der Waals surface area (Å²) in [7, 11) is 5.47. The summed E-state index contributed by atoms with van der Waals surface area (Å²) in [5.74, 6) is 1.56. The number of ether oxygens (including phenoxy) is 2. The zero-order valence-corrected chi connectivity index (χ0v) is 13.3. The Bertz CT molecular complexity index is 663. The van der Waals surface area contributed by atoms with Crippen LogP contribution in [0.25, 0.3) is 6.08 Å². The van der Waals surface area contributed by atoms with E-state index in [1.807, 2.05) is 17.4 Å². The Morgan fingerprint density at radius 1 is 1.14 bits per heavy atom. The third-order valence-electron chi connectivity index (χ3n) is 3.89. The Hall–Kier alpha value is -1.94. The molecule has 0 saturated heterocycles. The average molecular weight is 301 g/mol. The normalized spacial score (nSPS) is 16.7. The van der Waals surface area contributed by atoms with Gasteiger partial charge < -0.3 is 14.4 Å². The molecule has 4 heteroatoms. The number of fused-ring (bicyclic) bond motifs is 1. The molecular formula is C17H19NO2S. The maximum absolute atomic E-state index is 5.40. The fourth-order valence-corrected chi connectivity index (χ4v) is 3.73. The van der Waals surface area contributed by atoms with Crippen LogP contribution in [0.15, 0.2) is 35.8 Å². The number of likely N-dealkylation sites (N-methyl/N-ethyl adjacent to an activating group) is 1. The maximum atomic E-state index is 5.40. The smallest absolute Gasteiger partial charge is 0.160 e. The highest BCUT2D eigenvalue weighted by molar-refractivity contribution is 7.10. The van der Waals surface area contributed by atoms with Crippen LogP contribution in [0.5, 0.6) is 11.5 Å². The molecule has 3 nitrogen and oxygen atoms in total. The van der Waals surface area contributed by atoms with Crippen LogP contribution in [0.1, 0.15) is 22.0 Å². The SMILES string of the molecule is COc1ccc(CC2c3sccc3C=CN2C)cc1OC. The molecule has 2 heterocycles. The van der Waals surface area contributed by atoms with Gasteiger partial charge in [-0.1, -0.05) is 6.07 Å². The van der Waals surface area contributed by atoms with Crippen LogP contribution in [-0.4, -0.2) is 26.2 Å². The second-order valence-corrected chi connectivity index (χ2v) is 6.08. The predicted octanol–water partition coefficient (Wildman–Crippen LogP) is 3.97. The van der Waals surface area contributed by atoms with E-state index in [2.05, 4.69) is 47.8 Å². The quantitative estimate of drug-likeness (QED) is 0.853. The fourth-order valence-electron chi connectivity index (χ4n) is 2.69. The monoisotopic (exact) mass is 301 g/mol. The third-order valence-corrected chi connectivity index (χ3v) is 4.92. The number of methoxy groups -OCH3 is 2. The van der Waals surface area contributed by atoms with Crippen molar-refractivity contribution in [3.8, 4) is 11.5 Å². The van der Waals surface area contributed by atoms with Gasteiger partial charge in [0.2, 0.25) is 0 Å². The first-order valence-electron chi connectivity index (χ1n) is 6.91. The van der Waals surface area contributed by atoms with E-state index in [-0.39, 0.29) is 0 Å². The van der Waals surface area contributed by atoms with Gasteiger partial charge in [0.1, 0.15) is 0 Å². The Kier molecular flexibility index (Phi) is 3.88. The minimum Gasteiger partial charge on any atom is -0.493 e. The molecule has 1 aliphatic heterocycles. The predicted molar refractivity (Wildman–Crippen MR) is 87.1 cm³/mol. The molecule has 0 spiro atoms. The van der Waals surface area contributed by atoms with E-state index in [9.17, 15) is 0 Å². The summed E-state index contributed by atoms with van der Waals surface area (Å²) >= 11 is 1.83. The summed E-state index contributed by atoms with van der Waals surface area (Å²) in [4.78, 5) is 3.70. The summed E-state index contributed by atoms with van der Waals surface area (Å²) in [5, 5.41) is 2.16. The lowest BCUT2D eigenvalue weighted by Crippen LogP contribution is -2.23. The van der Waals surface area contributed by atoms with E-state index >= 15 is 0 Å². The van der Waals surface area contributed by atoms with Crippen LogP contribution >= 0.6 is 11.3 Å². The van der Waals surface area contributed by atoms with E-state index < -0.39 is 0 Å². The molecule has 1 aromatic carbocycles. The molecule has 0 radical (unpaired) electrons. The van der Waals surface area contributed by atoms with E-state index in [1.165, 1.54) is 16.0 Å². The van der Waals surface area contributed by atoms with E-state index in [0.717, 1.165) is 17.9 Å². The summed E-state index contributed by atoms with van der Waals surface area (Å²) in [5.41, 5.74) is 2.59. The molecule has 3 rings (SSSR count). The minimum atomic E-state index is 0.378. The maximum Gasteiger partial charge on any atom is 0.160 e. The molecule has 1 aliphatic rings. The summed E-state index contributed by atoms with van der Waals surface area (Å²) < 4.78 is 10.7. The molecule has 0 saturated carbocycles. The van der Waals surface area contributed by atoms with Gasteiger partial charge in [0.15, 0.2) is 11.5 Å². The summed E-state index contributed by atoms with van der Waals surface area (Å²) in [6, 6.07) is 8.72. The van der Waals surface area contributed by atoms with Crippen LogP contribution in [-0.2, 0) is 6.42 Å². The minimum absolute atomic E-state index is 0.378. The molecule has 21 heavy (non-hydrogen) atoms. The van der Waals surface area contributed by atoms with Crippen LogP contribution in [0, 0.1) is 0 Å². The van der Waals surface area contributed by atoms with Gasteiger partial charge >= 0.3 is 0 Å². The molecule has 0 fully saturated rings. The summed E-state index contributed by atoms with van der Waals surface area (Å²) in [6.07, 6.45) is 5.28. The number of benzene rings is 1. The second kappa shape index (κ2) is 5.82. The van der Waals surface area contributed by atoms with Gasteiger partial charge in [-0.25, -0.2) is 0 Å². The molecule has 0 N–H and O–H groups in total. The zero-order chi connectivity index (χ0) is 14.8. The van der Waals surface area contributed by atoms with Crippen molar-refractivity contribution in [2.75, 3.05) is 21.3 Å². The van der Waals surface area contributed by atoms with Crippen molar-refractivity contribution in [3.63, 3.8) is 0 Å². The molecule has 0 amide bonds. The zero-order valence-electron chi connectivity index (χ0n) is 12.5. The van der Waals surface area contributed by atoms with Gasteiger partial charge in [-0.05, 0) is 53.4 Å². The first-order chi connectivity index (χ1) is 10.2. The van der Waals surface area contributed by atoms with Gasteiger partial charge in [0, 0.05) is 11.9 Å². The van der Waals surface area contributed by atoms with Gasteiger partial charge in [0.05, 0.1) is 20.3 Å². The number of rotatable bonds is 4. The first-order valence-corrected chi connectivity index (χ1v) is 7.79. The highest BCUT2D eigenvalue weighted by Gasteiger charge is 2.23.